The molecule has 6 heteroatoms. The number of nitrogens with zero attached hydrogens (tertiary/aromatic N) is 1. The smallest absolute Gasteiger partial charge is 0.243 e. The minimum Gasteiger partial charge on any atom is -0.468 e. The molecule has 108 valence electrons. The Morgan fingerprint density at radius 1 is 1.20 bits per heavy atom. The summed E-state index contributed by atoms with van der Waals surface area (Å²) in [5.74, 6) is 0.607. The van der Waals surface area contributed by atoms with E-state index in [0.29, 0.717) is 12.3 Å². The van der Waals surface area contributed by atoms with Crippen molar-refractivity contribution in [3.63, 3.8) is 0 Å². The van der Waals surface area contributed by atoms with Gasteiger partial charge in [-0.2, -0.15) is 4.31 Å². The van der Waals surface area contributed by atoms with Crippen LogP contribution in [0, 0.1) is 0 Å². The lowest BCUT2D eigenvalue weighted by atomic mass is 10.2. The van der Waals surface area contributed by atoms with Gasteiger partial charge in [0.05, 0.1) is 17.7 Å². The molecule has 0 aliphatic rings. The molecule has 5 nitrogen and oxygen atoms in total. The first-order valence-electron chi connectivity index (χ1n) is 6.32. The zero-order chi connectivity index (χ0) is 14.6. The molecule has 2 aromatic rings. The molecular weight excluding hydrogens is 276 g/mol. The summed E-state index contributed by atoms with van der Waals surface area (Å²) >= 11 is 0. The molecule has 0 spiro atoms. The number of benzene rings is 1. The van der Waals surface area contributed by atoms with E-state index in [4.69, 9.17) is 10.2 Å². The topological polar surface area (TPSA) is 76.5 Å². The normalized spacial score (nSPS) is 11.9. The Hall–Kier alpha value is -1.63. The van der Waals surface area contributed by atoms with Gasteiger partial charge in [0.2, 0.25) is 10.0 Å². The van der Waals surface area contributed by atoms with E-state index in [-0.39, 0.29) is 11.4 Å². The van der Waals surface area contributed by atoms with E-state index in [0.717, 1.165) is 12.0 Å². The van der Waals surface area contributed by atoms with Crippen LogP contribution in [0.4, 0.5) is 0 Å². The molecular formula is C14H18N2O3S. The highest BCUT2D eigenvalue weighted by atomic mass is 32.2. The average Bonchev–Trinajstić information content (AvgIpc) is 2.92. The van der Waals surface area contributed by atoms with Crippen LogP contribution in [0.5, 0.6) is 0 Å². The van der Waals surface area contributed by atoms with Gasteiger partial charge >= 0.3 is 0 Å². The van der Waals surface area contributed by atoms with Crippen LogP contribution in [-0.4, -0.2) is 26.3 Å². The molecule has 1 aromatic carbocycles. The van der Waals surface area contributed by atoms with Gasteiger partial charge in [0.1, 0.15) is 5.76 Å². The lowest BCUT2D eigenvalue weighted by molar-refractivity contribution is 0.406. The average molecular weight is 294 g/mol. The van der Waals surface area contributed by atoms with Crippen molar-refractivity contribution in [1.82, 2.24) is 4.31 Å². The molecule has 0 radical (unpaired) electrons. The molecule has 0 unspecified atom stereocenters. The van der Waals surface area contributed by atoms with Crippen LogP contribution in [0.25, 0.3) is 0 Å². The van der Waals surface area contributed by atoms with Gasteiger partial charge in [0.15, 0.2) is 0 Å². The van der Waals surface area contributed by atoms with Crippen molar-refractivity contribution >= 4 is 10.0 Å². The van der Waals surface area contributed by atoms with E-state index in [1.165, 1.54) is 17.6 Å². The molecule has 0 fully saturated rings. The summed E-state index contributed by atoms with van der Waals surface area (Å²) < 4.78 is 31.2. The van der Waals surface area contributed by atoms with Crippen LogP contribution in [-0.2, 0) is 23.0 Å². The number of sulfonamides is 1. The van der Waals surface area contributed by atoms with Gasteiger partial charge in [-0.1, -0.05) is 12.1 Å². The van der Waals surface area contributed by atoms with Gasteiger partial charge in [-0.05, 0) is 42.8 Å². The molecule has 0 aliphatic heterocycles. The van der Waals surface area contributed by atoms with E-state index in [9.17, 15) is 8.42 Å². The molecule has 0 aliphatic carbocycles. The van der Waals surface area contributed by atoms with E-state index in [1.54, 1.807) is 36.4 Å². The molecule has 2 rings (SSSR count). The summed E-state index contributed by atoms with van der Waals surface area (Å²) in [5.41, 5.74) is 6.50. The fourth-order valence-corrected chi connectivity index (χ4v) is 3.02. The monoisotopic (exact) mass is 294 g/mol. The molecule has 2 N–H and O–H groups in total. The van der Waals surface area contributed by atoms with Crippen molar-refractivity contribution in [3.05, 3.63) is 54.0 Å². The van der Waals surface area contributed by atoms with Gasteiger partial charge < -0.3 is 10.2 Å². The maximum absolute atomic E-state index is 12.4. The van der Waals surface area contributed by atoms with Crippen LogP contribution >= 0.6 is 0 Å². The lowest BCUT2D eigenvalue weighted by Crippen LogP contribution is -2.26. The summed E-state index contributed by atoms with van der Waals surface area (Å²) in [6, 6.07) is 10.3. The first kappa shape index (κ1) is 14.8. The summed E-state index contributed by atoms with van der Waals surface area (Å²) in [7, 11) is -1.97. The second kappa shape index (κ2) is 6.21. The zero-order valence-electron chi connectivity index (χ0n) is 11.3. The number of hydrogen-bond donors (Lipinski definition) is 1. The Kier molecular flexibility index (Phi) is 4.59. The van der Waals surface area contributed by atoms with Crippen LogP contribution in [0.3, 0.4) is 0 Å². The molecule has 1 aromatic heterocycles. The molecule has 1 heterocycles. The van der Waals surface area contributed by atoms with Gasteiger partial charge in [-0.3, -0.25) is 0 Å². The second-order valence-corrected chi connectivity index (χ2v) is 6.57. The number of rotatable bonds is 6. The van der Waals surface area contributed by atoms with Crippen LogP contribution in [0.15, 0.2) is 52.0 Å². The van der Waals surface area contributed by atoms with Gasteiger partial charge in [0, 0.05) is 7.05 Å². The minimum absolute atomic E-state index is 0.208. The molecule has 0 saturated carbocycles. The fourth-order valence-electron chi connectivity index (χ4n) is 1.88. The zero-order valence-corrected chi connectivity index (χ0v) is 12.1. The molecule has 0 atom stereocenters. The predicted molar refractivity (Wildman–Crippen MR) is 76.6 cm³/mol. The van der Waals surface area contributed by atoms with Gasteiger partial charge in [-0.25, -0.2) is 8.42 Å². The third kappa shape index (κ3) is 3.27. The van der Waals surface area contributed by atoms with Crippen molar-refractivity contribution in [1.29, 1.82) is 0 Å². The second-order valence-electron chi connectivity index (χ2n) is 4.52. The summed E-state index contributed by atoms with van der Waals surface area (Å²) in [5, 5.41) is 0. The SMILES string of the molecule is CN(Cc1ccco1)S(=O)(=O)c1ccc(CCN)cc1. The Morgan fingerprint density at radius 2 is 1.90 bits per heavy atom. The minimum atomic E-state index is -3.50. The predicted octanol–water partition coefficient (Wildman–Crippen LogP) is 1.60. The summed E-state index contributed by atoms with van der Waals surface area (Å²) in [6.07, 6.45) is 2.26. The number of hydrogen-bond acceptors (Lipinski definition) is 4. The Morgan fingerprint density at radius 3 is 2.45 bits per heavy atom. The van der Waals surface area contributed by atoms with Crippen molar-refractivity contribution in [2.45, 2.75) is 17.9 Å². The van der Waals surface area contributed by atoms with Gasteiger partial charge in [0.25, 0.3) is 0 Å². The highest BCUT2D eigenvalue weighted by Gasteiger charge is 2.21. The quantitative estimate of drug-likeness (QED) is 0.878. The Balaban J connectivity index is 2.16. The van der Waals surface area contributed by atoms with E-state index in [2.05, 4.69) is 0 Å². The highest BCUT2D eigenvalue weighted by Crippen LogP contribution is 2.17. The fraction of sp³-hybridized carbons (Fsp3) is 0.286. The van der Waals surface area contributed by atoms with Gasteiger partial charge in [-0.15, -0.1) is 0 Å². The van der Waals surface area contributed by atoms with Crippen LogP contribution < -0.4 is 5.73 Å². The highest BCUT2D eigenvalue weighted by molar-refractivity contribution is 7.89. The molecule has 0 bridgehead atoms. The first-order valence-corrected chi connectivity index (χ1v) is 7.76. The number of nitrogens with two attached hydrogens (primary N) is 1. The summed E-state index contributed by atoms with van der Waals surface area (Å²) in [4.78, 5) is 0.271. The number of furan rings is 1. The largest absolute Gasteiger partial charge is 0.468 e. The van der Waals surface area contributed by atoms with Crippen LogP contribution in [0.2, 0.25) is 0 Å². The third-order valence-corrected chi connectivity index (χ3v) is 4.84. The molecule has 0 amide bonds. The van der Waals surface area contributed by atoms with E-state index in [1.807, 2.05) is 0 Å². The standard InChI is InChI=1S/C14H18N2O3S/c1-16(11-13-3-2-10-19-13)20(17,18)14-6-4-12(5-7-14)8-9-15/h2-7,10H,8-9,11,15H2,1H3. The Bertz CT molecular complexity index is 634. The molecule has 0 saturated heterocycles. The Labute approximate surface area is 119 Å². The third-order valence-electron chi connectivity index (χ3n) is 3.02. The maximum atomic E-state index is 12.4. The van der Waals surface area contributed by atoms with E-state index >= 15 is 0 Å². The van der Waals surface area contributed by atoms with Crippen molar-refractivity contribution in [2.24, 2.45) is 5.73 Å². The van der Waals surface area contributed by atoms with Crippen molar-refractivity contribution in [3.8, 4) is 0 Å². The summed E-state index contributed by atoms with van der Waals surface area (Å²) in [6.45, 7) is 0.754. The first-order chi connectivity index (χ1) is 9.54. The maximum Gasteiger partial charge on any atom is 0.243 e. The van der Waals surface area contributed by atoms with Crippen molar-refractivity contribution in [2.75, 3.05) is 13.6 Å². The van der Waals surface area contributed by atoms with E-state index < -0.39 is 10.0 Å². The molecule has 20 heavy (non-hydrogen) atoms. The van der Waals surface area contributed by atoms with Crippen molar-refractivity contribution < 1.29 is 12.8 Å². The van der Waals surface area contributed by atoms with Crippen LogP contribution in [0.1, 0.15) is 11.3 Å². The lowest BCUT2D eigenvalue weighted by Gasteiger charge is -2.16.